The topological polar surface area (TPSA) is 42.0 Å². The number of thiazole rings is 1. The van der Waals surface area contributed by atoms with Crippen LogP contribution in [0.4, 0.5) is 5.69 Å². The van der Waals surface area contributed by atoms with Gasteiger partial charge in [0, 0.05) is 32.8 Å². The van der Waals surface area contributed by atoms with Crippen molar-refractivity contribution < 1.29 is 4.79 Å². The SMILES string of the molecule is O=C(Nc1ccc(-c2csc(-c3ccc(Cl)cc3)n2)cc1)c1ccccc1. The van der Waals surface area contributed by atoms with E-state index in [1.165, 1.54) is 0 Å². The number of benzene rings is 3. The average Bonchev–Trinajstić information content (AvgIpc) is 3.20. The van der Waals surface area contributed by atoms with Gasteiger partial charge in [-0.3, -0.25) is 4.79 Å². The van der Waals surface area contributed by atoms with Crippen LogP contribution >= 0.6 is 22.9 Å². The lowest BCUT2D eigenvalue weighted by Crippen LogP contribution is -2.11. The first kappa shape index (κ1) is 17.5. The van der Waals surface area contributed by atoms with E-state index in [4.69, 9.17) is 16.6 Å². The molecule has 3 nitrogen and oxygen atoms in total. The van der Waals surface area contributed by atoms with Crippen LogP contribution < -0.4 is 5.32 Å². The molecule has 4 aromatic rings. The van der Waals surface area contributed by atoms with Gasteiger partial charge in [-0.05, 0) is 36.4 Å². The van der Waals surface area contributed by atoms with E-state index in [-0.39, 0.29) is 5.91 Å². The number of hydrogen-bond donors (Lipinski definition) is 1. The predicted molar refractivity (Wildman–Crippen MR) is 112 cm³/mol. The zero-order valence-electron chi connectivity index (χ0n) is 14.2. The minimum absolute atomic E-state index is 0.123. The van der Waals surface area contributed by atoms with Crippen LogP contribution in [-0.2, 0) is 0 Å². The molecule has 0 aliphatic carbocycles. The normalized spacial score (nSPS) is 10.6. The highest BCUT2D eigenvalue weighted by atomic mass is 35.5. The van der Waals surface area contributed by atoms with E-state index in [1.54, 1.807) is 23.5 Å². The van der Waals surface area contributed by atoms with Crippen molar-refractivity contribution in [3.05, 3.63) is 94.8 Å². The van der Waals surface area contributed by atoms with Gasteiger partial charge in [-0.1, -0.05) is 54.1 Å². The molecule has 0 bridgehead atoms. The molecule has 0 atom stereocenters. The highest BCUT2D eigenvalue weighted by molar-refractivity contribution is 7.13. The molecular formula is C22H15ClN2OS. The Balaban J connectivity index is 1.49. The second-order valence-corrected chi connectivity index (χ2v) is 7.24. The molecule has 5 heteroatoms. The third kappa shape index (κ3) is 4.08. The minimum Gasteiger partial charge on any atom is -0.322 e. The first-order chi connectivity index (χ1) is 13.2. The van der Waals surface area contributed by atoms with Gasteiger partial charge in [-0.25, -0.2) is 4.98 Å². The summed E-state index contributed by atoms with van der Waals surface area (Å²) in [6.45, 7) is 0. The third-order valence-electron chi connectivity index (χ3n) is 4.07. The number of carbonyl (C=O) groups is 1. The van der Waals surface area contributed by atoms with Crippen molar-refractivity contribution in [3.8, 4) is 21.8 Å². The summed E-state index contributed by atoms with van der Waals surface area (Å²) in [5.41, 5.74) is 4.34. The summed E-state index contributed by atoms with van der Waals surface area (Å²) in [6.07, 6.45) is 0. The molecule has 0 saturated heterocycles. The van der Waals surface area contributed by atoms with Gasteiger partial charge in [0.05, 0.1) is 5.69 Å². The Hall–Kier alpha value is -2.95. The summed E-state index contributed by atoms with van der Waals surface area (Å²) in [5.74, 6) is -0.123. The second kappa shape index (κ2) is 7.74. The monoisotopic (exact) mass is 390 g/mol. The Morgan fingerprint density at radius 2 is 1.52 bits per heavy atom. The maximum atomic E-state index is 12.2. The number of nitrogens with zero attached hydrogens (tertiary/aromatic N) is 1. The zero-order chi connectivity index (χ0) is 18.6. The van der Waals surface area contributed by atoms with Crippen molar-refractivity contribution in [3.63, 3.8) is 0 Å². The number of halogens is 1. The number of rotatable bonds is 4. The van der Waals surface area contributed by atoms with E-state index >= 15 is 0 Å². The van der Waals surface area contributed by atoms with Crippen LogP contribution in [0.25, 0.3) is 21.8 Å². The quantitative estimate of drug-likeness (QED) is 0.439. The number of hydrogen-bond acceptors (Lipinski definition) is 3. The Morgan fingerprint density at radius 3 is 2.22 bits per heavy atom. The molecule has 1 aromatic heterocycles. The summed E-state index contributed by atoms with van der Waals surface area (Å²) in [7, 11) is 0. The molecule has 0 radical (unpaired) electrons. The Bertz CT molecular complexity index is 1060. The molecular weight excluding hydrogens is 376 g/mol. The van der Waals surface area contributed by atoms with Crippen molar-refractivity contribution in [2.45, 2.75) is 0 Å². The fraction of sp³-hybridized carbons (Fsp3) is 0. The maximum Gasteiger partial charge on any atom is 0.255 e. The minimum atomic E-state index is -0.123. The van der Waals surface area contributed by atoms with Crippen molar-refractivity contribution in [2.24, 2.45) is 0 Å². The second-order valence-electron chi connectivity index (χ2n) is 5.94. The van der Waals surface area contributed by atoms with Crippen molar-refractivity contribution >= 4 is 34.5 Å². The molecule has 0 unspecified atom stereocenters. The largest absolute Gasteiger partial charge is 0.322 e. The van der Waals surface area contributed by atoms with Crippen LogP contribution in [0.3, 0.4) is 0 Å². The molecule has 132 valence electrons. The van der Waals surface area contributed by atoms with Gasteiger partial charge >= 0.3 is 0 Å². The van der Waals surface area contributed by atoms with Gasteiger partial charge in [0.15, 0.2) is 0 Å². The molecule has 0 aliphatic rings. The predicted octanol–water partition coefficient (Wildman–Crippen LogP) is 6.38. The van der Waals surface area contributed by atoms with Crippen LogP contribution in [-0.4, -0.2) is 10.9 Å². The molecule has 1 amide bonds. The van der Waals surface area contributed by atoms with Gasteiger partial charge in [0.2, 0.25) is 0 Å². The first-order valence-corrected chi connectivity index (χ1v) is 9.63. The highest BCUT2D eigenvalue weighted by Gasteiger charge is 2.08. The number of carbonyl (C=O) groups excluding carboxylic acids is 1. The molecule has 0 spiro atoms. The van der Waals surface area contributed by atoms with Gasteiger partial charge in [0.25, 0.3) is 5.91 Å². The van der Waals surface area contributed by atoms with Crippen molar-refractivity contribution in [1.82, 2.24) is 4.98 Å². The smallest absolute Gasteiger partial charge is 0.255 e. The standard InChI is InChI=1S/C22H15ClN2OS/c23-18-10-6-17(7-11-18)22-25-20(14-27-22)15-8-12-19(13-9-15)24-21(26)16-4-2-1-3-5-16/h1-14H,(H,24,26). The lowest BCUT2D eigenvalue weighted by atomic mass is 10.1. The van der Waals surface area contributed by atoms with Crippen molar-refractivity contribution in [2.75, 3.05) is 5.32 Å². The van der Waals surface area contributed by atoms with E-state index in [0.717, 1.165) is 27.5 Å². The summed E-state index contributed by atoms with van der Waals surface area (Å²) in [6, 6.07) is 24.5. The number of nitrogens with one attached hydrogen (secondary N) is 1. The number of anilines is 1. The van der Waals surface area contributed by atoms with Gasteiger partial charge in [-0.15, -0.1) is 11.3 Å². The number of amides is 1. The molecule has 3 aromatic carbocycles. The van der Waals surface area contributed by atoms with E-state index in [2.05, 4.69) is 5.32 Å². The lowest BCUT2D eigenvalue weighted by Gasteiger charge is -2.06. The van der Waals surface area contributed by atoms with E-state index in [1.807, 2.05) is 72.1 Å². The maximum absolute atomic E-state index is 12.2. The van der Waals surface area contributed by atoms with E-state index < -0.39 is 0 Å². The van der Waals surface area contributed by atoms with Crippen LogP contribution in [0.15, 0.2) is 84.2 Å². The molecule has 1 N–H and O–H groups in total. The molecule has 1 heterocycles. The summed E-state index contributed by atoms with van der Waals surface area (Å²) >= 11 is 7.53. The third-order valence-corrected chi connectivity index (χ3v) is 5.21. The van der Waals surface area contributed by atoms with Gasteiger partial charge in [-0.2, -0.15) is 0 Å². The van der Waals surface area contributed by atoms with E-state index in [9.17, 15) is 4.79 Å². The van der Waals surface area contributed by atoms with Crippen LogP contribution in [0, 0.1) is 0 Å². The molecule has 0 aliphatic heterocycles. The van der Waals surface area contributed by atoms with Crippen LogP contribution in [0.5, 0.6) is 0 Å². The Labute approximate surface area is 166 Å². The Morgan fingerprint density at radius 1 is 0.852 bits per heavy atom. The molecule has 27 heavy (non-hydrogen) atoms. The van der Waals surface area contributed by atoms with Crippen molar-refractivity contribution in [1.29, 1.82) is 0 Å². The number of aromatic nitrogens is 1. The summed E-state index contributed by atoms with van der Waals surface area (Å²) < 4.78 is 0. The van der Waals surface area contributed by atoms with Crippen LogP contribution in [0.2, 0.25) is 5.02 Å². The Kier molecular flexibility index (Phi) is 5.01. The average molecular weight is 391 g/mol. The highest BCUT2D eigenvalue weighted by Crippen LogP contribution is 2.30. The molecule has 0 saturated carbocycles. The van der Waals surface area contributed by atoms with Gasteiger partial charge in [0.1, 0.15) is 5.01 Å². The summed E-state index contributed by atoms with van der Waals surface area (Å²) in [4.78, 5) is 16.9. The fourth-order valence-corrected chi connectivity index (χ4v) is 3.61. The van der Waals surface area contributed by atoms with Gasteiger partial charge < -0.3 is 5.32 Å². The molecule has 4 rings (SSSR count). The zero-order valence-corrected chi connectivity index (χ0v) is 15.8. The fourth-order valence-electron chi connectivity index (χ4n) is 2.65. The molecule has 0 fully saturated rings. The first-order valence-electron chi connectivity index (χ1n) is 8.37. The lowest BCUT2D eigenvalue weighted by molar-refractivity contribution is 0.102. The summed E-state index contributed by atoms with van der Waals surface area (Å²) in [5, 5.41) is 6.59. The van der Waals surface area contributed by atoms with Crippen LogP contribution in [0.1, 0.15) is 10.4 Å². The van der Waals surface area contributed by atoms with E-state index in [0.29, 0.717) is 10.6 Å².